The van der Waals surface area contributed by atoms with Crippen LogP contribution in [-0.2, 0) is 6.61 Å². The van der Waals surface area contributed by atoms with Crippen molar-refractivity contribution in [3.05, 3.63) is 53.7 Å². The van der Waals surface area contributed by atoms with Crippen LogP contribution in [-0.4, -0.2) is 11.5 Å². The number of ether oxygens (including phenoxy) is 1. The maximum Gasteiger partial charge on any atom is 0.125 e. The molecule has 2 aromatic rings. The van der Waals surface area contributed by atoms with Crippen molar-refractivity contribution in [2.24, 2.45) is 0 Å². The Kier molecular flexibility index (Phi) is 4.96. The van der Waals surface area contributed by atoms with Gasteiger partial charge in [-0.1, -0.05) is 13.0 Å². The van der Waals surface area contributed by atoms with Gasteiger partial charge in [0.2, 0.25) is 0 Å². The average Bonchev–Trinajstić information content (AvgIpc) is 2.52. The molecule has 2 rings (SSSR count). The maximum atomic E-state index is 8.72. The molecule has 0 fully saturated rings. The van der Waals surface area contributed by atoms with Gasteiger partial charge in [0.15, 0.2) is 0 Å². The number of hydrogen-bond donors (Lipinski definition) is 1. The van der Waals surface area contributed by atoms with E-state index in [1.807, 2.05) is 18.3 Å². The fourth-order valence-corrected chi connectivity index (χ4v) is 1.66. The van der Waals surface area contributed by atoms with Crippen molar-refractivity contribution in [2.45, 2.75) is 20.0 Å². The zero-order chi connectivity index (χ0) is 14.2. The van der Waals surface area contributed by atoms with Crippen LogP contribution in [0.4, 0.5) is 5.82 Å². The second-order valence-corrected chi connectivity index (χ2v) is 4.40. The molecule has 1 aromatic carbocycles. The van der Waals surface area contributed by atoms with Crippen molar-refractivity contribution in [3.63, 3.8) is 0 Å². The molecule has 0 saturated heterocycles. The SMILES string of the molecule is CCCNc1ccc(COc2ccc(C#N)cc2)cn1. The molecule has 0 aliphatic carbocycles. The first-order valence-corrected chi connectivity index (χ1v) is 6.63. The Labute approximate surface area is 119 Å². The van der Waals surface area contributed by atoms with Crippen LogP contribution in [0.3, 0.4) is 0 Å². The van der Waals surface area contributed by atoms with E-state index in [-0.39, 0.29) is 0 Å². The van der Waals surface area contributed by atoms with E-state index < -0.39 is 0 Å². The Morgan fingerprint density at radius 1 is 1.20 bits per heavy atom. The number of nitrogens with zero attached hydrogens (tertiary/aromatic N) is 2. The van der Waals surface area contributed by atoms with E-state index in [9.17, 15) is 0 Å². The van der Waals surface area contributed by atoms with Crippen LogP contribution in [0.25, 0.3) is 0 Å². The molecule has 0 aliphatic heterocycles. The van der Waals surface area contributed by atoms with Crippen LogP contribution in [0.2, 0.25) is 0 Å². The van der Waals surface area contributed by atoms with E-state index in [0.29, 0.717) is 12.2 Å². The molecule has 0 bridgehead atoms. The van der Waals surface area contributed by atoms with E-state index >= 15 is 0 Å². The Hall–Kier alpha value is -2.54. The second kappa shape index (κ2) is 7.15. The molecular weight excluding hydrogens is 250 g/mol. The normalized spacial score (nSPS) is 9.80. The number of aromatic nitrogens is 1. The smallest absolute Gasteiger partial charge is 0.125 e. The molecule has 20 heavy (non-hydrogen) atoms. The zero-order valence-corrected chi connectivity index (χ0v) is 11.5. The fourth-order valence-electron chi connectivity index (χ4n) is 1.66. The molecule has 1 heterocycles. The van der Waals surface area contributed by atoms with Crippen LogP contribution >= 0.6 is 0 Å². The molecule has 4 heteroatoms. The molecule has 4 nitrogen and oxygen atoms in total. The van der Waals surface area contributed by atoms with E-state index in [4.69, 9.17) is 10.00 Å². The summed E-state index contributed by atoms with van der Waals surface area (Å²) in [7, 11) is 0. The molecule has 0 atom stereocenters. The van der Waals surface area contributed by atoms with Crippen molar-refractivity contribution in [1.82, 2.24) is 4.98 Å². The third-order valence-corrected chi connectivity index (χ3v) is 2.77. The molecule has 0 radical (unpaired) electrons. The van der Waals surface area contributed by atoms with Gasteiger partial charge >= 0.3 is 0 Å². The third-order valence-electron chi connectivity index (χ3n) is 2.77. The molecule has 102 valence electrons. The molecule has 1 aromatic heterocycles. The highest BCUT2D eigenvalue weighted by Crippen LogP contribution is 2.14. The first kappa shape index (κ1) is 13.9. The number of benzene rings is 1. The molecule has 0 aliphatic rings. The lowest BCUT2D eigenvalue weighted by Crippen LogP contribution is -2.02. The lowest BCUT2D eigenvalue weighted by molar-refractivity contribution is 0.306. The summed E-state index contributed by atoms with van der Waals surface area (Å²) >= 11 is 0. The number of rotatable bonds is 6. The highest BCUT2D eigenvalue weighted by Gasteiger charge is 1.98. The summed E-state index contributed by atoms with van der Waals surface area (Å²) in [5.74, 6) is 1.63. The predicted octanol–water partition coefficient (Wildman–Crippen LogP) is 3.35. The monoisotopic (exact) mass is 267 g/mol. The van der Waals surface area contributed by atoms with Crippen molar-refractivity contribution in [3.8, 4) is 11.8 Å². The molecule has 0 spiro atoms. The van der Waals surface area contributed by atoms with Gasteiger partial charge in [-0.25, -0.2) is 4.98 Å². The lowest BCUT2D eigenvalue weighted by atomic mass is 10.2. The summed E-state index contributed by atoms with van der Waals surface area (Å²) in [6, 6.07) is 13.1. The molecule has 1 N–H and O–H groups in total. The summed E-state index contributed by atoms with van der Waals surface area (Å²) in [6.07, 6.45) is 2.88. The topological polar surface area (TPSA) is 57.9 Å². The van der Waals surface area contributed by atoms with Gasteiger partial charge in [-0.15, -0.1) is 0 Å². The van der Waals surface area contributed by atoms with Crippen molar-refractivity contribution < 1.29 is 4.74 Å². The largest absolute Gasteiger partial charge is 0.489 e. The van der Waals surface area contributed by atoms with Crippen molar-refractivity contribution in [2.75, 3.05) is 11.9 Å². The van der Waals surface area contributed by atoms with Gasteiger partial charge in [0.25, 0.3) is 0 Å². The summed E-state index contributed by atoms with van der Waals surface area (Å²) in [5, 5.41) is 11.9. The standard InChI is InChI=1S/C16H17N3O/c1-2-9-18-16-8-5-14(11-19-16)12-20-15-6-3-13(10-17)4-7-15/h3-8,11H,2,9,12H2,1H3,(H,18,19). The Morgan fingerprint density at radius 3 is 2.60 bits per heavy atom. The van der Waals surface area contributed by atoms with Gasteiger partial charge in [0.1, 0.15) is 18.2 Å². The van der Waals surface area contributed by atoms with Gasteiger partial charge in [-0.05, 0) is 36.8 Å². The first-order chi connectivity index (χ1) is 9.81. The van der Waals surface area contributed by atoms with Crippen molar-refractivity contribution >= 4 is 5.82 Å². The average molecular weight is 267 g/mol. The minimum absolute atomic E-state index is 0.465. The first-order valence-electron chi connectivity index (χ1n) is 6.63. The van der Waals surface area contributed by atoms with E-state index in [1.54, 1.807) is 24.3 Å². The van der Waals surface area contributed by atoms with Gasteiger partial charge in [0, 0.05) is 18.3 Å². The molecule has 0 saturated carbocycles. The molecular formula is C16H17N3O. The quantitative estimate of drug-likeness (QED) is 0.872. The fraction of sp³-hybridized carbons (Fsp3) is 0.250. The minimum Gasteiger partial charge on any atom is -0.489 e. The zero-order valence-electron chi connectivity index (χ0n) is 11.5. The lowest BCUT2D eigenvalue weighted by Gasteiger charge is -2.07. The number of pyridine rings is 1. The Bertz CT molecular complexity index is 570. The second-order valence-electron chi connectivity index (χ2n) is 4.40. The van der Waals surface area contributed by atoms with Gasteiger partial charge in [0.05, 0.1) is 11.6 Å². The van der Waals surface area contributed by atoms with E-state index in [2.05, 4.69) is 23.3 Å². The van der Waals surface area contributed by atoms with Crippen LogP contribution in [0.1, 0.15) is 24.5 Å². The third kappa shape index (κ3) is 3.99. The van der Waals surface area contributed by atoms with Gasteiger partial charge in [-0.2, -0.15) is 5.26 Å². The molecule has 0 unspecified atom stereocenters. The van der Waals surface area contributed by atoms with Crippen LogP contribution in [0.5, 0.6) is 5.75 Å². The number of anilines is 1. The highest BCUT2D eigenvalue weighted by molar-refractivity contribution is 5.36. The predicted molar refractivity (Wildman–Crippen MR) is 78.5 cm³/mol. The van der Waals surface area contributed by atoms with Crippen LogP contribution in [0, 0.1) is 11.3 Å². The summed E-state index contributed by atoms with van der Waals surface area (Å²) < 4.78 is 5.64. The van der Waals surface area contributed by atoms with Gasteiger partial charge < -0.3 is 10.1 Å². The molecule has 0 amide bonds. The minimum atomic E-state index is 0.465. The Balaban J connectivity index is 1.88. The number of nitrogens with one attached hydrogen (secondary N) is 1. The Morgan fingerprint density at radius 2 is 2.00 bits per heavy atom. The maximum absolute atomic E-state index is 8.72. The number of hydrogen-bond acceptors (Lipinski definition) is 4. The highest BCUT2D eigenvalue weighted by atomic mass is 16.5. The van der Waals surface area contributed by atoms with Crippen molar-refractivity contribution in [1.29, 1.82) is 5.26 Å². The summed E-state index contributed by atoms with van der Waals surface area (Å²) in [4.78, 5) is 4.32. The number of nitriles is 1. The van der Waals surface area contributed by atoms with E-state index in [1.165, 1.54) is 0 Å². The summed E-state index contributed by atoms with van der Waals surface area (Å²) in [5.41, 5.74) is 1.64. The van der Waals surface area contributed by atoms with Gasteiger partial charge in [-0.3, -0.25) is 0 Å². The van der Waals surface area contributed by atoms with Crippen LogP contribution in [0.15, 0.2) is 42.6 Å². The summed E-state index contributed by atoms with van der Waals surface area (Å²) in [6.45, 7) is 3.51. The van der Waals surface area contributed by atoms with Crippen LogP contribution < -0.4 is 10.1 Å². The van der Waals surface area contributed by atoms with E-state index in [0.717, 1.165) is 30.1 Å².